The molecule has 0 radical (unpaired) electrons. The Hall–Kier alpha value is -1.96. The lowest BCUT2D eigenvalue weighted by atomic mass is 10.0. The first kappa shape index (κ1) is 24.3. The molecule has 0 atom stereocenters. The fraction of sp³-hybridized carbons (Fsp3) is 0.636. The van der Waals surface area contributed by atoms with E-state index in [1.165, 1.54) is 0 Å². The van der Waals surface area contributed by atoms with Crippen LogP contribution in [0.1, 0.15) is 52.0 Å². The first-order chi connectivity index (χ1) is 14.1. The van der Waals surface area contributed by atoms with Crippen LogP contribution in [0.15, 0.2) is 18.2 Å². The second-order valence-corrected chi connectivity index (χ2v) is 9.28. The van der Waals surface area contributed by atoms with E-state index in [1.54, 1.807) is 25.2 Å². The van der Waals surface area contributed by atoms with Gasteiger partial charge in [0.15, 0.2) is 0 Å². The van der Waals surface area contributed by atoms with E-state index in [9.17, 15) is 9.59 Å². The number of nitrogens with zero attached hydrogens (tertiary/aromatic N) is 1. The zero-order chi connectivity index (χ0) is 22.4. The summed E-state index contributed by atoms with van der Waals surface area (Å²) in [5, 5.41) is 3.05. The third-order valence-electron chi connectivity index (χ3n) is 5.10. The van der Waals surface area contributed by atoms with E-state index in [1.807, 2.05) is 32.9 Å². The Balaban J connectivity index is 2.23. The number of methoxy groups -OCH3 is 2. The highest BCUT2D eigenvalue weighted by Crippen LogP contribution is 2.35. The van der Waals surface area contributed by atoms with Gasteiger partial charge in [-0.3, -0.25) is 4.79 Å². The highest BCUT2D eigenvalue weighted by Gasteiger charge is 2.41. The molecule has 2 rings (SSSR count). The largest absolute Gasteiger partial charge is 0.497 e. The van der Waals surface area contributed by atoms with Crippen LogP contribution < -0.4 is 14.8 Å². The Bertz CT molecular complexity index is 742. The molecule has 0 bridgehead atoms. The number of carbonyl (C=O) groups excluding carboxylic acids is 2. The van der Waals surface area contributed by atoms with Gasteiger partial charge in [0.25, 0.3) is 0 Å². The van der Waals surface area contributed by atoms with Crippen molar-refractivity contribution in [2.45, 2.75) is 64.1 Å². The van der Waals surface area contributed by atoms with Crippen molar-refractivity contribution >= 4 is 27.9 Å². The number of halogens is 1. The molecule has 0 spiro atoms. The van der Waals surface area contributed by atoms with Crippen LogP contribution >= 0.6 is 15.9 Å². The Kier molecular flexibility index (Phi) is 8.41. The SMILES string of the molecule is COc1ccc(CN(CC2(OC(=O)NC(C)(C)C)CCCC2)C(=O)CBr)c(OC)c1. The monoisotopic (exact) mass is 484 g/mol. The molecule has 0 aromatic heterocycles. The van der Waals surface area contributed by atoms with Crippen molar-refractivity contribution < 1.29 is 23.8 Å². The van der Waals surface area contributed by atoms with E-state index < -0.39 is 17.2 Å². The summed E-state index contributed by atoms with van der Waals surface area (Å²) in [5.74, 6) is 1.26. The van der Waals surface area contributed by atoms with Crippen LogP contribution in [-0.4, -0.2) is 54.1 Å². The summed E-state index contributed by atoms with van der Waals surface area (Å²) < 4.78 is 16.7. The number of carbonyl (C=O) groups is 2. The second-order valence-electron chi connectivity index (χ2n) is 8.72. The lowest BCUT2D eigenvalue weighted by Crippen LogP contribution is -2.50. The predicted octanol–water partition coefficient (Wildman–Crippen LogP) is 4.26. The Morgan fingerprint density at radius 2 is 1.83 bits per heavy atom. The van der Waals surface area contributed by atoms with Crippen molar-refractivity contribution in [2.75, 3.05) is 26.1 Å². The highest BCUT2D eigenvalue weighted by molar-refractivity contribution is 9.09. The van der Waals surface area contributed by atoms with Gasteiger partial charge in [0.1, 0.15) is 17.1 Å². The molecule has 0 aliphatic heterocycles. The van der Waals surface area contributed by atoms with Crippen LogP contribution in [0.3, 0.4) is 0 Å². The number of alkyl halides is 1. The van der Waals surface area contributed by atoms with Gasteiger partial charge in [0.2, 0.25) is 5.91 Å². The molecule has 1 saturated carbocycles. The number of benzene rings is 1. The minimum atomic E-state index is -0.688. The van der Waals surface area contributed by atoms with Gasteiger partial charge in [-0.05, 0) is 58.6 Å². The van der Waals surface area contributed by atoms with E-state index in [4.69, 9.17) is 14.2 Å². The van der Waals surface area contributed by atoms with Gasteiger partial charge < -0.3 is 24.4 Å². The van der Waals surface area contributed by atoms with Crippen molar-refractivity contribution in [2.24, 2.45) is 0 Å². The van der Waals surface area contributed by atoms with Crippen molar-refractivity contribution in [3.8, 4) is 11.5 Å². The summed E-state index contributed by atoms with van der Waals surface area (Å²) in [6, 6.07) is 5.53. The van der Waals surface area contributed by atoms with Crippen LogP contribution in [0.2, 0.25) is 0 Å². The molecule has 0 unspecified atom stereocenters. The molecule has 1 aliphatic rings. The third kappa shape index (κ3) is 6.79. The van der Waals surface area contributed by atoms with Crippen LogP contribution in [0, 0.1) is 0 Å². The Labute approximate surface area is 187 Å². The zero-order valence-corrected chi connectivity index (χ0v) is 20.1. The summed E-state index contributed by atoms with van der Waals surface area (Å²) in [6.45, 7) is 6.42. The molecular weight excluding hydrogens is 452 g/mol. The summed E-state index contributed by atoms with van der Waals surface area (Å²) in [5.41, 5.74) is -0.217. The predicted molar refractivity (Wildman–Crippen MR) is 119 cm³/mol. The van der Waals surface area contributed by atoms with Gasteiger partial charge in [-0.25, -0.2) is 4.79 Å². The van der Waals surface area contributed by atoms with Crippen LogP contribution in [-0.2, 0) is 16.1 Å². The number of hydrogen-bond acceptors (Lipinski definition) is 5. The van der Waals surface area contributed by atoms with Gasteiger partial charge >= 0.3 is 6.09 Å². The van der Waals surface area contributed by atoms with Crippen LogP contribution in [0.4, 0.5) is 4.79 Å². The van der Waals surface area contributed by atoms with E-state index in [-0.39, 0.29) is 11.2 Å². The fourth-order valence-electron chi connectivity index (χ4n) is 3.69. The van der Waals surface area contributed by atoms with Crippen LogP contribution in [0.25, 0.3) is 0 Å². The van der Waals surface area contributed by atoms with Crippen molar-refractivity contribution in [3.05, 3.63) is 23.8 Å². The number of rotatable bonds is 8. The number of hydrogen-bond donors (Lipinski definition) is 1. The van der Waals surface area contributed by atoms with Crippen molar-refractivity contribution in [3.63, 3.8) is 0 Å². The number of amides is 2. The number of nitrogens with one attached hydrogen (secondary N) is 1. The molecule has 0 saturated heterocycles. The maximum atomic E-state index is 12.7. The number of alkyl carbamates (subject to hydrolysis) is 1. The molecule has 8 heteroatoms. The van der Waals surface area contributed by atoms with Gasteiger partial charge in [0.05, 0.1) is 26.1 Å². The van der Waals surface area contributed by atoms with Gasteiger partial charge in [-0.2, -0.15) is 0 Å². The molecule has 1 aromatic rings. The molecule has 0 heterocycles. The Morgan fingerprint density at radius 1 is 1.17 bits per heavy atom. The molecule has 1 aromatic carbocycles. The summed E-state index contributed by atoms with van der Waals surface area (Å²) in [6.07, 6.45) is 2.95. The second kappa shape index (κ2) is 10.4. The molecule has 2 amide bonds. The fourth-order valence-corrected chi connectivity index (χ4v) is 4.05. The van der Waals surface area contributed by atoms with E-state index >= 15 is 0 Å². The van der Waals surface area contributed by atoms with Crippen molar-refractivity contribution in [1.29, 1.82) is 0 Å². The smallest absolute Gasteiger partial charge is 0.408 e. The summed E-state index contributed by atoms with van der Waals surface area (Å²) >= 11 is 3.28. The lowest BCUT2D eigenvalue weighted by molar-refractivity contribution is -0.132. The minimum absolute atomic E-state index is 0.0704. The average Bonchev–Trinajstić information content (AvgIpc) is 3.13. The quantitative estimate of drug-likeness (QED) is 0.557. The average molecular weight is 485 g/mol. The number of ether oxygens (including phenoxy) is 3. The van der Waals surface area contributed by atoms with Gasteiger partial charge in [-0.1, -0.05) is 15.9 Å². The first-order valence-electron chi connectivity index (χ1n) is 10.2. The summed E-state index contributed by atoms with van der Waals surface area (Å²) in [4.78, 5) is 27.0. The molecule has 1 N–H and O–H groups in total. The molecule has 7 nitrogen and oxygen atoms in total. The molecule has 168 valence electrons. The van der Waals surface area contributed by atoms with E-state index in [0.717, 1.165) is 31.2 Å². The molecule has 30 heavy (non-hydrogen) atoms. The normalized spacial score (nSPS) is 15.4. The molecular formula is C22H33BrN2O5. The minimum Gasteiger partial charge on any atom is -0.497 e. The summed E-state index contributed by atoms with van der Waals surface area (Å²) in [7, 11) is 3.19. The zero-order valence-electron chi connectivity index (χ0n) is 18.5. The maximum Gasteiger partial charge on any atom is 0.408 e. The standard InChI is InChI=1S/C22H33BrN2O5/c1-21(2,3)24-20(27)30-22(10-6-7-11-22)15-25(19(26)13-23)14-16-8-9-17(28-4)12-18(16)29-5/h8-9,12H,6-7,10-11,13-15H2,1-5H3,(H,24,27). The third-order valence-corrected chi connectivity index (χ3v) is 5.58. The van der Waals surface area contributed by atoms with E-state index in [2.05, 4.69) is 21.2 Å². The van der Waals surface area contributed by atoms with Crippen molar-refractivity contribution in [1.82, 2.24) is 10.2 Å². The maximum absolute atomic E-state index is 12.7. The van der Waals surface area contributed by atoms with E-state index in [0.29, 0.717) is 24.6 Å². The highest BCUT2D eigenvalue weighted by atomic mass is 79.9. The Morgan fingerprint density at radius 3 is 2.37 bits per heavy atom. The van der Waals surface area contributed by atoms with Crippen LogP contribution in [0.5, 0.6) is 11.5 Å². The van der Waals surface area contributed by atoms with Gasteiger partial charge in [-0.15, -0.1) is 0 Å². The first-order valence-corrected chi connectivity index (χ1v) is 11.3. The molecule has 1 aliphatic carbocycles. The topological polar surface area (TPSA) is 77.1 Å². The molecule has 1 fully saturated rings. The van der Waals surface area contributed by atoms with Gasteiger partial charge in [0, 0.05) is 23.7 Å². The lowest BCUT2D eigenvalue weighted by Gasteiger charge is -2.36.